The Morgan fingerprint density at radius 2 is 1.52 bits per heavy atom. The van der Waals surface area contributed by atoms with E-state index in [0.717, 1.165) is 51.9 Å². The van der Waals surface area contributed by atoms with Crippen molar-refractivity contribution in [3.05, 3.63) is 24.5 Å². The SMILES string of the molecule is O=C(O)CC1CCC(CC(=O)N2CCN(c3ccncc3)CC2)CC1. The fraction of sp³-hybridized carbons (Fsp3) is 0.632. The summed E-state index contributed by atoms with van der Waals surface area (Å²) in [6.07, 6.45) is 8.36. The molecule has 1 aromatic heterocycles. The van der Waals surface area contributed by atoms with Gasteiger partial charge in [-0.1, -0.05) is 0 Å². The number of anilines is 1. The number of piperazine rings is 1. The van der Waals surface area contributed by atoms with E-state index in [1.807, 2.05) is 17.0 Å². The molecule has 0 aromatic carbocycles. The van der Waals surface area contributed by atoms with Crippen molar-refractivity contribution >= 4 is 17.6 Å². The van der Waals surface area contributed by atoms with Crippen LogP contribution in [-0.4, -0.2) is 53.0 Å². The highest BCUT2D eigenvalue weighted by atomic mass is 16.4. The molecule has 1 aliphatic heterocycles. The number of aliphatic carboxylic acids is 1. The number of nitrogens with zero attached hydrogens (tertiary/aromatic N) is 3. The second-order valence-electron chi connectivity index (χ2n) is 7.26. The summed E-state index contributed by atoms with van der Waals surface area (Å²) >= 11 is 0. The number of hydrogen-bond donors (Lipinski definition) is 1. The Labute approximate surface area is 148 Å². The van der Waals surface area contributed by atoms with E-state index in [2.05, 4.69) is 9.88 Å². The van der Waals surface area contributed by atoms with Gasteiger partial charge in [-0.2, -0.15) is 0 Å². The molecule has 6 nitrogen and oxygen atoms in total. The molecule has 0 bridgehead atoms. The smallest absolute Gasteiger partial charge is 0.303 e. The zero-order valence-corrected chi connectivity index (χ0v) is 14.6. The number of carboxylic acid groups (broad SMARTS) is 1. The topological polar surface area (TPSA) is 73.7 Å². The van der Waals surface area contributed by atoms with Crippen LogP contribution in [0.2, 0.25) is 0 Å². The lowest BCUT2D eigenvalue weighted by Crippen LogP contribution is -2.49. The van der Waals surface area contributed by atoms with Crippen LogP contribution in [0.25, 0.3) is 0 Å². The summed E-state index contributed by atoms with van der Waals surface area (Å²) in [7, 11) is 0. The van der Waals surface area contributed by atoms with E-state index in [9.17, 15) is 9.59 Å². The number of aromatic nitrogens is 1. The Hall–Kier alpha value is -2.11. The third kappa shape index (κ3) is 4.94. The zero-order valence-electron chi connectivity index (χ0n) is 14.6. The van der Waals surface area contributed by atoms with E-state index in [4.69, 9.17) is 5.11 Å². The Morgan fingerprint density at radius 1 is 0.960 bits per heavy atom. The van der Waals surface area contributed by atoms with Crippen molar-refractivity contribution < 1.29 is 14.7 Å². The Balaban J connectivity index is 1.41. The average Bonchev–Trinajstić information content (AvgIpc) is 2.64. The van der Waals surface area contributed by atoms with Crippen molar-refractivity contribution in [2.24, 2.45) is 11.8 Å². The quantitative estimate of drug-likeness (QED) is 0.887. The van der Waals surface area contributed by atoms with E-state index < -0.39 is 5.97 Å². The number of carbonyl (C=O) groups is 2. The first-order chi connectivity index (χ1) is 12.1. The molecule has 0 atom stereocenters. The largest absolute Gasteiger partial charge is 0.481 e. The number of pyridine rings is 1. The van der Waals surface area contributed by atoms with Crippen LogP contribution in [-0.2, 0) is 9.59 Å². The minimum atomic E-state index is -0.702. The Morgan fingerprint density at radius 3 is 2.08 bits per heavy atom. The molecule has 1 N–H and O–H groups in total. The van der Waals surface area contributed by atoms with Crippen LogP contribution >= 0.6 is 0 Å². The lowest BCUT2D eigenvalue weighted by molar-refractivity contribution is -0.139. The van der Waals surface area contributed by atoms with Gasteiger partial charge in [-0.05, 0) is 49.7 Å². The molecule has 2 aliphatic rings. The van der Waals surface area contributed by atoms with Gasteiger partial charge in [0.25, 0.3) is 0 Å². The highest BCUT2D eigenvalue weighted by Gasteiger charge is 2.27. The summed E-state index contributed by atoms with van der Waals surface area (Å²) < 4.78 is 0. The van der Waals surface area contributed by atoms with Crippen LogP contribution in [0.15, 0.2) is 24.5 Å². The van der Waals surface area contributed by atoms with Gasteiger partial charge >= 0.3 is 5.97 Å². The maximum atomic E-state index is 12.6. The maximum Gasteiger partial charge on any atom is 0.303 e. The predicted octanol–water partition coefficient (Wildman–Crippen LogP) is 2.40. The molecule has 1 saturated heterocycles. The molecule has 136 valence electrons. The summed E-state index contributed by atoms with van der Waals surface area (Å²) in [5, 5.41) is 8.88. The number of carboxylic acids is 1. The minimum absolute atomic E-state index is 0.260. The monoisotopic (exact) mass is 345 g/mol. The van der Waals surface area contributed by atoms with Gasteiger partial charge in [0.05, 0.1) is 0 Å². The summed E-state index contributed by atoms with van der Waals surface area (Å²) in [4.78, 5) is 31.7. The number of carbonyl (C=O) groups excluding carboxylic acids is 1. The molecule has 3 rings (SSSR count). The van der Waals surface area contributed by atoms with Gasteiger partial charge < -0.3 is 14.9 Å². The average molecular weight is 345 g/mol. The fourth-order valence-electron chi connectivity index (χ4n) is 4.03. The van der Waals surface area contributed by atoms with Crippen LogP contribution < -0.4 is 4.90 Å². The number of hydrogen-bond acceptors (Lipinski definition) is 4. The van der Waals surface area contributed by atoms with E-state index in [1.54, 1.807) is 12.4 Å². The molecule has 6 heteroatoms. The molecule has 0 radical (unpaired) electrons. The first-order valence-corrected chi connectivity index (χ1v) is 9.26. The molecular weight excluding hydrogens is 318 g/mol. The first-order valence-electron chi connectivity index (χ1n) is 9.26. The van der Waals surface area contributed by atoms with Gasteiger partial charge in [0.1, 0.15) is 0 Å². The van der Waals surface area contributed by atoms with Crippen molar-refractivity contribution in [1.29, 1.82) is 0 Å². The van der Waals surface area contributed by atoms with Gasteiger partial charge in [0.2, 0.25) is 5.91 Å². The van der Waals surface area contributed by atoms with Crippen LogP contribution in [0, 0.1) is 11.8 Å². The molecule has 2 heterocycles. The number of amides is 1. The summed E-state index contributed by atoms with van der Waals surface area (Å²) in [5.74, 6) is 0.284. The third-order valence-electron chi connectivity index (χ3n) is 5.55. The Kier molecular flexibility index (Phi) is 5.89. The van der Waals surface area contributed by atoms with Crippen molar-refractivity contribution in [3.63, 3.8) is 0 Å². The standard InChI is InChI=1S/C19H27N3O3/c23-18(13-15-1-3-16(4-2-15)14-19(24)25)22-11-9-21(10-12-22)17-5-7-20-8-6-17/h5-8,15-16H,1-4,9-14H2,(H,24,25). The van der Waals surface area contributed by atoms with Crippen molar-refractivity contribution in [2.75, 3.05) is 31.1 Å². The molecule has 1 aliphatic carbocycles. The molecule has 1 saturated carbocycles. The lowest BCUT2D eigenvalue weighted by atomic mass is 9.79. The molecular formula is C19H27N3O3. The van der Waals surface area contributed by atoms with E-state index in [1.165, 1.54) is 5.69 Å². The molecule has 25 heavy (non-hydrogen) atoms. The summed E-state index contributed by atoms with van der Waals surface area (Å²) in [6.45, 7) is 3.27. The highest BCUT2D eigenvalue weighted by Crippen LogP contribution is 2.33. The maximum absolute atomic E-state index is 12.6. The van der Waals surface area contributed by atoms with Crippen molar-refractivity contribution in [1.82, 2.24) is 9.88 Å². The van der Waals surface area contributed by atoms with Gasteiger partial charge in [0, 0.05) is 57.1 Å². The predicted molar refractivity (Wildman–Crippen MR) is 95.3 cm³/mol. The summed E-state index contributed by atoms with van der Waals surface area (Å²) in [5.41, 5.74) is 1.17. The van der Waals surface area contributed by atoms with Gasteiger partial charge in [0.15, 0.2) is 0 Å². The summed E-state index contributed by atoms with van der Waals surface area (Å²) in [6, 6.07) is 4.01. The number of rotatable bonds is 5. The van der Waals surface area contributed by atoms with Crippen LogP contribution in [0.1, 0.15) is 38.5 Å². The second-order valence-corrected chi connectivity index (χ2v) is 7.26. The third-order valence-corrected chi connectivity index (χ3v) is 5.55. The van der Waals surface area contributed by atoms with Crippen LogP contribution in [0.5, 0.6) is 0 Å². The lowest BCUT2D eigenvalue weighted by Gasteiger charge is -2.37. The fourth-order valence-corrected chi connectivity index (χ4v) is 4.03. The zero-order chi connectivity index (χ0) is 17.6. The van der Waals surface area contributed by atoms with Gasteiger partial charge in [-0.15, -0.1) is 0 Å². The molecule has 0 unspecified atom stereocenters. The van der Waals surface area contributed by atoms with E-state index in [-0.39, 0.29) is 12.3 Å². The molecule has 0 spiro atoms. The normalized spacial score (nSPS) is 24.2. The molecule has 2 fully saturated rings. The highest BCUT2D eigenvalue weighted by molar-refractivity contribution is 5.76. The Bertz CT molecular complexity index is 577. The second kappa shape index (κ2) is 8.32. The molecule has 1 aromatic rings. The van der Waals surface area contributed by atoms with Crippen molar-refractivity contribution in [3.8, 4) is 0 Å². The minimum Gasteiger partial charge on any atom is -0.481 e. The van der Waals surface area contributed by atoms with Crippen molar-refractivity contribution in [2.45, 2.75) is 38.5 Å². The van der Waals surface area contributed by atoms with Crippen LogP contribution in [0.3, 0.4) is 0 Å². The molecule has 1 amide bonds. The van der Waals surface area contributed by atoms with Gasteiger partial charge in [-0.3, -0.25) is 14.6 Å². The van der Waals surface area contributed by atoms with Crippen LogP contribution in [0.4, 0.5) is 5.69 Å². The van der Waals surface area contributed by atoms with E-state index >= 15 is 0 Å². The van der Waals surface area contributed by atoms with E-state index in [0.29, 0.717) is 18.3 Å². The first kappa shape index (κ1) is 17.7. The van der Waals surface area contributed by atoms with Gasteiger partial charge in [-0.25, -0.2) is 0 Å².